The molecule has 0 aliphatic carbocycles. The van der Waals surface area contributed by atoms with Gasteiger partial charge in [-0.05, 0) is 46.3 Å². The highest BCUT2D eigenvalue weighted by Gasteiger charge is 2.09. The third-order valence-corrected chi connectivity index (χ3v) is 3.48. The van der Waals surface area contributed by atoms with Crippen molar-refractivity contribution in [2.75, 3.05) is 5.32 Å². The number of furan rings is 1. The zero-order valence-corrected chi connectivity index (χ0v) is 12.6. The van der Waals surface area contributed by atoms with Crippen LogP contribution in [0.2, 0.25) is 0 Å². The lowest BCUT2D eigenvalue weighted by molar-refractivity contribution is -0.116. The topological polar surface area (TPSA) is 101 Å². The average Bonchev–Trinajstić information content (AvgIpc) is 2.99. The maximum absolute atomic E-state index is 11.9. The van der Waals surface area contributed by atoms with Crippen molar-refractivity contribution >= 4 is 33.4 Å². The number of carbonyl (C=O) groups is 1. The van der Waals surface area contributed by atoms with Crippen molar-refractivity contribution in [3.8, 4) is 0 Å². The van der Waals surface area contributed by atoms with Crippen molar-refractivity contribution in [3.63, 3.8) is 0 Å². The van der Waals surface area contributed by atoms with E-state index in [-0.39, 0.29) is 11.7 Å². The molecule has 110 valence electrons. The van der Waals surface area contributed by atoms with E-state index in [4.69, 9.17) is 15.4 Å². The van der Waals surface area contributed by atoms with Gasteiger partial charge in [0.25, 0.3) is 0 Å². The van der Waals surface area contributed by atoms with Gasteiger partial charge in [-0.2, -0.15) is 0 Å². The minimum atomic E-state index is -0.122. The Balaban J connectivity index is 1.97. The number of halogens is 1. The van der Waals surface area contributed by atoms with Crippen LogP contribution in [0.15, 0.2) is 50.6 Å². The summed E-state index contributed by atoms with van der Waals surface area (Å²) in [6.07, 6.45) is 2.44. The molecule has 6 nitrogen and oxygen atoms in total. The summed E-state index contributed by atoms with van der Waals surface area (Å²) in [6, 6.07) is 8.62. The van der Waals surface area contributed by atoms with Crippen LogP contribution >= 0.6 is 15.9 Å². The molecule has 7 heteroatoms. The number of carbonyl (C=O) groups excluding carboxylic acids is 1. The number of benzene rings is 1. The Labute approximate surface area is 129 Å². The summed E-state index contributed by atoms with van der Waals surface area (Å²) >= 11 is 3.34. The molecule has 0 saturated carbocycles. The number of nitrogens with one attached hydrogen (secondary N) is 1. The van der Waals surface area contributed by atoms with Gasteiger partial charge in [-0.1, -0.05) is 5.16 Å². The van der Waals surface area contributed by atoms with Gasteiger partial charge in [0.15, 0.2) is 5.84 Å². The first kappa shape index (κ1) is 15.1. The fraction of sp³-hybridized carbons (Fsp3) is 0.143. The van der Waals surface area contributed by atoms with Crippen molar-refractivity contribution in [2.24, 2.45) is 10.9 Å². The van der Waals surface area contributed by atoms with E-state index < -0.39 is 0 Å². The molecule has 1 aromatic carbocycles. The van der Waals surface area contributed by atoms with E-state index in [1.54, 1.807) is 30.5 Å². The largest absolute Gasteiger partial charge is 0.469 e. The molecule has 0 unspecified atom stereocenters. The lowest BCUT2D eigenvalue weighted by Gasteiger charge is -2.08. The van der Waals surface area contributed by atoms with Crippen molar-refractivity contribution in [1.82, 2.24) is 0 Å². The summed E-state index contributed by atoms with van der Waals surface area (Å²) in [5.74, 6) is 0.654. The predicted molar refractivity (Wildman–Crippen MR) is 82.3 cm³/mol. The number of aryl methyl sites for hydroxylation is 1. The smallest absolute Gasteiger partial charge is 0.224 e. The summed E-state index contributed by atoms with van der Waals surface area (Å²) in [7, 11) is 0. The Morgan fingerprint density at radius 2 is 2.24 bits per heavy atom. The predicted octanol–water partition coefficient (Wildman–Crippen LogP) is 2.71. The quantitative estimate of drug-likeness (QED) is 0.333. The number of amides is 1. The van der Waals surface area contributed by atoms with Gasteiger partial charge < -0.3 is 20.7 Å². The number of hydrogen-bond acceptors (Lipinski definition) is 4. The van der Waals surface area contributed by atoms with Gasteiger partial charge in [-0.25, -0.2) is 0 Å². The molecule has 0 aliphatic rings. The van der Waals surface area contributed by atoms with Crippen LogP contribution in [0.25, 0.3) is 0 Å². The third kappa shape index (κ3) is 4.09. The van der Waals surface area contributed by atoms with Gasteiger partial charge in [0, 0.05) is 22.9 Å². The first-order valence-corrected chi connectivity index (χ1v) is 6.99. The first-order valence-electron chi connectivity index (χ1n) is 6.20. The van der Waals surface area contributed by atoms with Crippen LogP contribution in [-0.4, -0.2) is 17.0 Å². The van der Waals surface area contributed by atoms with Crippen LogP contribution in [0.1, 0.15) is 17.7 Å². The Hall–Kier alpha value is -2.28. The van der Waals surface area contributed by atoms with Crippen LogP contribution in [-0.2, 0) is 11.2 Å². The normalized spacial score (nSPS) is 11.4. The first-order chi connectivity index (χ1) is 10.1. The van der Waals surface area contributed by atoms with E-state index in [2.05, 4.69) is 26.4 Å². The molecular formula is C14H14BrN3O3. The maximum atomic E-state index is 11.9. The zero-order valence-electron chi connectivity index (χ0n) is 11.0. The van der Waals surface area contributed by atoms with Crippen LogP contribution in [0.4, 0.5) is 5.69 Å². The summed E-state index contributed by atoms with van der Waals surface area (Å²) in [5.41, 5.74) is 6.67. The molecule has 0 bridgehead atoms. The van der Waals surface area contributed by atoms with Crippen molar-refractivity contribution in [1.29, 1.82) is 0 Å². The molecule has 2 rings (SSSR count). The summed E-state index contributed by atoms with van der Waals surface area (Å²) < 4.78 is 5.82. The fourth-order valence-electron chi connectivity index (χ4n) is 1.74. The van der Waals surface area contributed by atoms with Crippen molar-refractivity contribution < 1.29 is 14.4 Å². The van der Waals surface area contributed by atoms with Gasteiger partial charge >= 0.3 is 0 Å². The molecule has 0 fully saturated rings. The Morgan fingerprint density at radius 1 is 1.43 bits per heavy atom. The van der Waals surface area contributed by atoms with Crippen LogP contribution in [0, 0.1) is 0 Å². The SMILES string of the molecule is N/C(=N/O)c1ccc(NC(=O)CCc2ccco2)c(Br)c1. The Morgan fingerprint density at radius 3 is 2.86 bits per heavy atom. The number of oxime groups is 1. The standard InChI is InChI=1S/C14H14BrN3O3/c15-11-8-9(14(16)18-20)3-5-12(11)17-13(19)6-4-10-2-1-7-21-10/h1-3,5,7-8,20H,4,6H2,(H2,16,18)(H,17,19). The molecule has 0 spiro atoms. The molecule has 0 aliphatic heterocycles. The van der Waals surface area contributed by atoms with E-state index in [1.807, 2.05) is 6.07 Å². The molecule has 1 aromatic heterocycles. The second kappa shape index (κ2) is 6.94. The van der Waals surface area contributed by atoms with Gasteiger partial charge in [0.05, 0.1) is 12.0 Å². The molecule has 1 amide bonds. The highest BCUT2D eigenvalue weighted by Crippen LogP contribution is 2.24. The second-order valence-electron chi connectivity index (χ2n) is 4.31. The van der Waals surface area contributed by atoms with Gasteiger partial charge in [-0.15, -0.1) is 0 Å². The van der Waals surface area contributed by atoms with Crippen molar-refractivity contribution in [2.45, 2.75) is 12.8 Å². The molecule has 0 atom stereocenters. The lowest BCUT2D eigenvalue weighted by Crippen LogP contribution is -2.15. The molecular weight excluding hydrogens is 338 g/mol. The molecule has 21 heavy (non-hydrogen) atoms. The lowest BCUT2D eigenvalue weighted by atomic mass is 10.2. The minimum Gasteiger partial charge on any atom is -0.469 e. The average molecular weight is 352 g/mol. The molecule has 4 N–H and O–H groups in total. The van der Waals surface area contributed by atoms with Gasteiger partial charge in [-0.3, -0.25) is 4.79 Å². The summed E-state index contributed by atoms with van der Waals surface area (Å²) in [4.78, 5) is 11.9. The molecule has 2 aromatic rings. The maximum Gasteiger partial charge on any atom is 0.224 e. The number of rotatable bonds is 5. The fourth-order valence-corrected chi connectivity index (χ4v) is 2.22. The zero-order chi connectivity index (χ0) is 15.2. The highest BCUT2D eigenvalue weighted by atomic mass is 79.9. The number of amidine groups is 1. The van der Waals surface area contributed by atoms with Gasteiger partial charge in [0.2, 0.25) is 5.91 Å². The third-order valence-electron chi connectivity index (χ3n) is 2.83. The molecule has 0 saturated heterocycles. The molecule has 0 radical (unpaired) electrons. The number of nitrogens with two attached hydrogens (primary N) is 1. The van der Waals surface area contributed by atoms with Crippen molar-refractivity contribution in [3.05, 3.63) is 52.4 Å². The van der Waals surface area contributed by atoms with E-state index in [0.717, 1.165) is 5.76 Å². The van der Waals surface area contributed by atoms with Crippen LogP contribution in [0.3, 0.4) is 0 Å². The van der Waals surface area contributed by atoms with E-state index >= 15 is 0 Å². The number of nitrogens with zero attached hydrogens (tertiary/aromatic N) is 1. The minimum absolute atomic E-state index is 0.00592. The van der Waals surface area contributed by atoms with Crippen LogP contribution < -0.4 is 11.1 Å². The summed E-state index contributed by atoms with van der Waals surface area (Å²) in [6.45, 7) is 0. The number of anilines is 1. The number of hydrogen-bond donors (Lipinski definition) is 3. The second-order valence-corrected chi connectivity index (χ2v) is 5.16. The molecule has 1 heterocycles. The Bertz CT molecular complexity index is 653. The van der Waals surface area contributed by atoms with E-state index in [9.17, 15) is 4.79 Å². The summed E-state index contributed by atoms with van der Waals surface area (Å²) in [5, 5.41) is 14.3. The van der Waals surface area contributed by atoms with Gasteiger partial charge in [0.1, 0.15) is 5.76 Å². The van der Waals surface area contributed by atoms with E-state index in [1.165, 1.54) is 0 Å². The van der Waals surface area contributed by atoms with E-state index in [0.29, 0.717) is 28.6 Å². The van der Waals surface area contributed by atoms with Crippen LogP contribution in [0.5, 0.6) is 0 Å². The monoisotopic (exact) mass is 351 g/mol. The Kier molecular flexibility index (Phi) is 4.99. The highest BCUT2D eigenvalue weighted by molar-refractivity contribution is 9.10.